The van der Waals surface area contributed by atoms with Gasteiger partial charge in [-0.25, -0.2) is 9.97 Å². The molecule has 6 heteroatoms. The Labute approximate surface area is 104 Å². The SMILES string of the molecule is Cn1c(CC2NCCNC2=O)nc2cccnc21. The molecular weight excluding hydrogens is 230 g/mol. The molecule has 1 atom stereocenters. The lowest BCUT2D eigenvalue weighted by molar-refractivity contribution is -0.124. The zero-order valence-electron chi connectivity index (χ0n) is 10.2. The van der Waals surface area contributed by atoms with Gasteiger partial charge in [0, 0.05) is 32.8 Å². The number of aryl methyl sites for hydroxylation is 1. The van der Waals surface area contributed by atoms with Gasteiger partial charge in [0.05, 0.1) is 6.04 Å². The molecule has 2 N–H and O–H groups in total. The highest BCUT2D eigenvalue weighted by Gasteiger charge is 2.23. The lowest BCUT2D eigenvalue weighted by Crippen LogP contribution is -2.53. The lowest BCUT2D eigenvalue weighted by atomic mass is 10.1. The van der Waals surface area contributed by atoms with Crippen molar-refractivity contribution < 1.29 is 4.79 Å². The van der Waals surface area contributed by atoms with E-state index in [1.54, 1.807) is 6.20 Å². The summed E-state index contributed by atoms with van der Waals surface area (Å²) in [5.74, 6) is 0.916. The minimum Gasteiger partial charge on any atom is -0.353 e. The minimum atomic E-state index is -0.200. The van der Waals surface area contributed by atoms with Gasteiger partial charge in [-0.3, -0.25) is 4.79 Å². The molecule has 0 aliphatic carbocycles. The van der Waals surface area contributed by atoms with Crippen molar-refractivity contribution in [2.45, 2.75) is 12.5 Å². The molecule has 2 aromatic heterocycles. The minimum absolute atomic E-state index is 0.0428. The fourth-order valence-corrected chi connectivity index (χ4v) is 2.25. The molecule has 1 unspecified atom stereocenters. The summed E-state index contributed by atoms with van der Waals surface area (Å²) in [6.45, 7) is 1.50. The molecule has 3 rings (SSSR count). The molecule has 18 heavy (non-hydrogen) atoms. The third-order valence-corrected chi connectivity index (χ3v) is 3.24. The molecule has 3 heterocycles. The summed E-state index contributed by atoms with van der Waals surface area (Å²) in [6.07, 6.45) is 2.33. The number of piperazine rings is 1. The fourth-order valence-electron chi connectivity index (χ4n) is 2.25. The molecule has 0 radical (unpaired) electrons. The van der Waals surface area contributed by atoms with E-state index < -0.39 is 0 Å². The van der Waals surface area contributed by atoms with Crippen molar-refractivity contribution in [3.8, 4) is 0 Å². The normalized spacial score (nSPS) is 20.1. The molecule has 94 valence electrons. The maximum Gasteiger partial charge on any atom is 0.237 e. The molecule has 1 aliphatic heterocycles. The van der Waals surface area contributed by atoms with Gasteiger partial charge in [-0.15, -0.1) is 0 Å². The average molecular weight is 245 g/mol. The topological polar surface area (TPSA) is 71.8 Å². The second-order valence-electron chi connectivity index (χ2n) is 4.44. The van der Waals surface area contributed by atoms with E-state index in [9.17, 15) is 4.79 Å². The molecular formula is C12H15N5O. The Morgan fingerprint density at radius 2 is 2.39 bits per heavy atom. The number of hydrogen-bond donors (Lipinski definition) is 2. The lowest BCUT2D eigenvalue weighted by Gasteiger charge is -2.23. The van der Waals surface area contributed by atoms with E-state index in [1.165, 1.54) is 0 Å². The summed E-state index contributed by atoms with van der Waals surface area (Å²) in [4.78, 5) is 20.5. The Kier molecular flexibility index (Phi) is 2.71. The van der Waals surface area contributed by atoms with E-state index in [4.69, 9.17) is 0 Å². The van der Waals surface area contributed by atoms with E-state index in [-0.39, 0.29) is 11.9 Å². The van der Waals surface area contributed by atoms with Crippen LogP contribution in [-0.4, -0.2) is 39.6 Å². The van der Waals surface area contributed by atoms with Crippen molar-refractivity contribution in [2.75, 3.05) is 13.1 Å². The molecule has 0 aromatic carbocycles. The summed E-state index contributed by atoms with van der Waals surface area (Å²) >= 11 is 0. The van der Waals surface area contributed by atoms with Crippen LogP contribution < -0.4 is 10.6 Å². The molecule has 1 saturated heterocycles. The first-order valence-corrected chi connectivity index (χ1v) is 6.03. The van der Waals surface area contributed by atoms with E-state index in [2.05, 4.69) is 20.6 Å². The number of amides is 1. The largest absolute Gasteiger partial charge is 0.353 e. The summed E-state index contributed by atoms with van der Waals surface area (Å²) in [6, 6.07) is 3.60. The molecule has 1 aliphatic rings. The first-order chi connectivity index (χ1) is 8.75. The number of pyridine rings is 1. The maximum absolute atomic E-state index is 11.7. The number of nitrogens with one attached hydrogen (secondary N) is 2. The van der Waals surface area contributed by atoms with Crippen LogP contribution in [0.4, 0.5) is 0 Å². The number of rotatable bonds is 2. The Hall–Kier alpha value is -1.95. The highest BCUT2D eigenvalue weighted by atomic mass is 16.2. The van der Waals surface area contributed by atoms with Crippen LogP contribution >= 0.6 is 0 Å². The Morgan fingerprint density at radius 1 is 1.50 bits per heavy atom. The van der Waals surface area contributed by atoms with Gasteiger partial charge in [0.15, 0.2) is 5.65 Å². The predicted molar refractivity (Wildman–Crippen MR) is 67.0 cm³/mol. The van der Waals surface area contributed by atoms with Crippen molar-refractivity contribution in [1.29, 1.82) is 0 Å². The molecule has 1 amide bonds. The van der Waals surface area contributed by atoms with Crippen LogP contribution in [-0.2, 0) is 18.3 Å². The second kappa shape index (κ2) is 4.38. The molecule has 0 spiro atoms. The van der Waals surface area contributed by atoms with Gasteiger partial charge in [0.25, 0.3) is 0 Å². The van der Waals surface area contributed by atoms with Crippen LogP contribution in [0.3, 0.4) is 0 Å². The van der Waals surface area contributed by atoms with Crippen molar-refractivity contribution in [1.82, 2.24) is 25.2 Å². The molecule has 0 saturated carbocycles. The van der Waals surface area contributed by atoms with Gasteiger partial charge >= 0.3 is 0 Å². The van der Waals surface area contributed by atoms with E-state index in [0.717, 1.165) is 23.5 Å². The number of carbonyl (C=O) groups excluding carboxylic acids is 1. The van der Waals surface area contributed by atoms with Gasteiger partial charge in [0.2, 0.25) is 5.91 Å². The number of hydrogen-bond acceptors (Lipinski definition) is 4. The second-order valence-corrected chi connectivity index (χ2v) is 4.44. The number of nitrogens with zero attached hydrogens (tertiary/aromatic N) is 3. The highest BCUT2D eigenvalue weighted by Crippen LogP contribution is 2.13. The maximum atomic E-state index is 11.7. The van der Waals surface area contributed by atoms with Crippen LogP contribution in [0.15, 0.2) is 18.3 Å². The Bertz CT molecular complexity index is 591. The first kappa shape index (κ1) is 11.2. The fraction of sp³-hybridized carbons (Fsp3) is 0.417. The van der Waals surface area contributed by atoms with Crippen molar-refractivity contribution >= 4 is 17.1 Å². The Balaban J connectivity index is 1.90. The molecule has 1 fully saturated rings. The third kappa shape index (κ3) is 1.84. The monoisotopic (exact) mass is 245 g/mol. The number of aromatic nitrogens is 3. The number of fused-ring (bicyclic) bond motifs is 1. The van der Waals surface area contributed by atoms with Crippen LogP contribution in [0.2, 0.25) is 0 Å². The first-order valence-electron chi connectivity index (χ1n) is 6.03. The van der Waals surface area contributed by atoms with Crippen LogP contribution in [0.25, 0.3) is 11.2 Å². The summed E-state index contributed by atoms with van der Waals surface area (Å²) in [5, 5.41) is 6.05. The summed E-state index contributed by atoms with van der Waals surface area (Å²) < 4.78 is 1.94. The number of imidazole rings is 1. The quantitative estimate of drug-likeness (QED) is 0.755. The van der Waals surface area contributed by atoms with Crippen LogP contribution in [0, 0.1) is 0 Å². The zero-order valence-corrected chi connectivity index (χ0v) is 10.2. The van der Waals surface area contributed by atoms with Gasteiger partial charge in [-0.2, -0.15) is 0 Å². The van der Waals surface area contributed by atoms with Gasteiger partial charge in [0.1, 0.15) is 11.3 Å². The van der Waals surface area contributed by atoms with E-state index in [1.807, 2.05) is 23.7 Å². The summed E-state index contributed by atoms with van der Waals surface area (Å²) in [5.41, 5.74) is 1.72. The standard InChI is InChI=1S/C12H15N5O/c1-17-10(7-9-12(18)15-6-5-13-9)16-8-3-2-4-14-11(8)17/h2-4,9,13H,5-7H2,1H3,(H,15,18). The van der Waals surface area contributed by atoms with E-state index in [0.29, 0.717) is 13.0 Å². The highest BCUT2D eigenvalue weighted by molar-refractivity contribution is 5.82. The summed E-state index contributed by atoms with van der Waals surface area (Å²) in [7, 11) is 1.93. The van der Waals surface area contributed by atoms with Gasteiger partial charge in [-0.1, -0.05) is 0 Å². The third-order valence-electron chi connectivity index (χ3n) is 3.24. The van der Waals surface area contributed by atoms with Crippen molar-refractivity contribution in [3.05, 3.63) is 24.2 Å². The average Bonchev–Trinajstić information content (AvgIpc) is 2.70. The van der Waals surface area contributed by atoms with E-state index >= 15 is 0 Å². The molecule has 6 nitrogen and oxygen atoms in total. The van der Waals surface area contributed by atoms with Gasteiger partial charge < -0.3 is 15.2 Å². The van der Waals surface area contributed by atoms with Crippen molar-refractivity contribution in [3.63, 3.8) is 0 Å². The Morgan fingerprint density at radius 3 is 3.17 bits per heavy atom. The smallest absolute Gasteiger partial charge is 0.237 e. The van der Waals surface area contributed by atoms with Crippen LogP contribution in [0.5, 0.6) is 0 Å². The van der Waals surface area contributed by atoms with Gasteiger partial charge in [-0.05, 0) is 12.1 Å². The molecule has 0 bridgehead atoms. The van der Waals surface area contributed by atoms with Crippen LogP contribution in [0.1, 0.15) is 5.82 Å². The zero-order chi connectivity index (χ0) is 12.5. The number of carbonyl (C=O) groups is 1. The molecule has 2 aromatic rings. The van der Waals surface area contributed by atoms with Crippen molar-refractivity contribution in [2.24, 2.45) is 7.05 Å². The predicted octanol–water partition coefficient (Wildman–Crippen LogP) is -0.401.